The van der Waals surface area contributed by atoms with Crippen molar-refractivity contribution in [3.63, 3.8) is 0 Å². The molecule has 0 spiro atoms. The molecule has 27 heavy (non-hydrogen) atoms. The van der Waals surface area contributed by atoms with Crippen LogP contribution in [0.3, 0.4) is 0 Å². The summed E-state index contributed by atoms with van der Waals surface area (Å²) in [5, 5.41) is 2.90. The molecule has 1 fully saturated rings. The Bertz CT molecular complexity index is 614. The Labute approximate surface area is 162 Å². The third kappa shape index (κ3) is 6.86. The number of ether oxygens (including phenoxy) is 2. The van der Waals surface area contributed by atoms with E-state index in [1.807, 2.05) is 12.1 Å². The molecule has 2 N–H and O–H groups in total. The molecule has 6 heteroatoms. The first-order valence-corrected chi connectivity index (χ1v) is 9.71. The van der Waals surface area contributed by atoms with E-state index in [1.165, 1.54) is 17.6 Å². The molecule has 0 atom stereocenters. The Balaban J connectivity index is 1.62. The van der Waals surface area contributed by atoms with Gasteiger partial charge in [-0.15, -0.1) is 0 Å². The molecule has 1 saturated heterocycles. The minimum absolute atomic E-state index is 0.0140. The molecule has 1 heterocycles. The van der Waals surface area contributed by atoms with Crippen LogP contribution < -0.4 is 15.0 Å². The van der Waals surface area contributed by atoms with E-state index in [4.69, 9.17) is 9.47 Å². The number of carbonyl (C=O) groups excluding carboxylic acids is 2. The molecule has 150 valence electrons. The lowest BCUT2D eigenvalue weighted by molar-refractivity contribution is -0.897. The molecular formula is C21H33N2O4+. The maximum absolute atomic E-state index is 12.1. The molecule has 0 unspecified atom stereocenters. The van der Waals surface area contributed by atoms with Crippen LogP contribution in [0, 0.1) is 5.92 Å². The number of hydrogen-bond acceptors (Lipinski definition) is 4. The lowest BCUT2D eigenvalue weighted by Crippen LogP contribution is -3.14. The van der Waals surface area contributed by atoms with Gasteiger partial charge in [-0.2, -0.15) is 0 Å². The van der Waals surface area contributed by atoms with Crippen LogP contribution in [0.2, 0.25) is 0 Å². The van der Waals surface area contributed by atoms with Gasteiger partial charge in [0.05, 0.1) is 32.7 Å². The second-order valence-corrected chi connectivity index (χ2v) is 8.20. The zero-order valence-corrected chi connectivity index (χ0v) is 17.0. The Morgan fingerprint density at radius 2 is 1.78 bits per heavy atom. The molecule has 1 aliphatic rings. The zero-order chi connectivity index (χ0) is 19.9. The number of likely N-dealkylation sites (tertiary alicyclic amines) is 1. The zero-order valence-electron chi connectivity index (χ0n) is 17.0. The summed E-state index contributed by atoms with van der Waals surface area (Å²) in [4.78, 5) is 24.8. The van der Waals surface area contributed by atoms with Crippen molar-refractivity contribution in [3.8, 4) is 5.75 Å². The molecule has 0 radical (unpaired) electrons. The highest BCUT2D eigenvalue weighted by atomic mass is 16.5. The summed E-state index contributed by atoms with van der Waals surface area (Å²) in [6, 6.07) is 8.10. The smallest absolute Gasteiger partial charge is 0.309 e. The second kappa shape index (κ2) is 9.74. The number of amides is 1. The van der Waals surface area contributed by atoms with Crippen LogP contribution in [0.4, 0.5) is 0 Å². The first-order chi connectivity index (χ1) is 12.8. The van der Waals surface area contributed by atoms with E-state index in [1.54, 1.807) is 0 Å². The number of esters is 1. The molecule has 0 aliphatic carbocycles. The first kappa shape index (κ1) is 21.2. The summed E-state index contributed by atoms with van der Waals surface area (Å²) in [6.07, 6.45) is 1.56. The minimum Gasteiger partial charge on any atom is -0.492 e. The van der Waals surface area contributed by atoms with Crippen LogP contribution in [0.25, 0.3) is 0 Å². The molecule has 1 aromatic rings. The largest absolute Gasteiger partial charge is 0.492 e. The number of quaternary nitrogens is 1. The Morgan fingerprint density at radius 1 is 1.15 bits per heavy atom. The SMILES string of the molecule is COC(=O)C1CC[NH+](CC(=O)NCCOc2ccc(C(C)(C)C)cc2)CC1. The van der Waals surface area contributed by atoms with Crippen molar-refractivity contribution >= 4 is 11.9 Å². The summed E-state index contributed by atoms with van der Waals surface area (Å²) in [5.74, 6) is 0.687. The number of carbonyl (C=O) groups is 2. The van der Waals surface area contributed by atoms with E-state index in [0.717, 1.165) is 31.7 Å². The molecule has 1 aromatic carbocycles. The van der Waals surface area contributed by atoms with Gasteiger partial charge in [0.2, 0.25) is 0 Å². The minimum atomic E-state index is -0.133. The van der Waals surface area contributed by atoms with Crippen molar-refractivity contribution in [2.45, 2.75) is 39.0 Å². The van der Waals surface area contributed by atoms with Crippen molar-refractivity contribution in [3.05, 3.63) is 29.8 Å². The topological polar surface area (TPSA) is 69.1 Å². The molecular weight excluding hydrogens is 344 g/mol. The van der Waals surface area contributed by atoms with Gasteiger partial charge < -0.3 is 19.7 Å². The fourth-order valence-corrected chi connectivity index (χ4v) is 3.31. The van der Waals surface area contributed by atoms with E-state index in [2.05, 4.69) is 38.2 Å². The number of piperidine rings is 1. The average Bonchev–Trinajstić information content (AvgIpc) is 2.65. The lowest BCUT2D eigenvalue weighted by atomic mass is 9.87. The van der Waals surface area contributed by atoms with Gasteiger partial charge in [-0.1, -0.05) is 32.9 Å². The van der Waals surface area contributed by atoms with Crippen molar-refractivity contribution in [2.75, 3.05) is 39.9 Å². The van der Waals surface area contributed by atoms with Gasteiger partial charge in [0.25, 0.3) is 5.91 Å². The van der Waals surface area contributed by atoms with E-state index < -0.39 is 0 Å². The Morgan fingerprint density at radius 3 is 2.33 bits per heavy atom. The van der Waals surface area contributed by atoms with Gasteiger partial charge in [0, 0.05) is 12.8 Å². The number of benzene rings is 1. The van der Waals surface area contributed by atoms with Crippen molar-refractivity contribution < 1.29 is 24.0 Å². The van der Waals surface area contributed by atoms with Crippen molar-refractivity contribution in [1.29, 1.82) is 0 Å². The van der Waals surface area contributed by atoms with Crippen LogP contribution in [0.5, 0.6) is 5.75 Å². The summed E-state index contributed by atoms with van der Waals surface area (Å²) in [6.45, 7) is 9.55. The Kier molecular flexibility index (Phi) is 7.66. The van der Waals surface area contributed by atoms with Crippen molar-refractivity contribution in [2.24, 2.45) is 5.92 Å². The maximum Gasteiger partial charge on any atom is 0.309 e. The number of hydrogen-bond donors (Lipinski definition) is 2. The monoisotopic (exact) mass is 377 g/mol. The third-order valence-electron chi connectivity index (χ3n) is 5.05. The lowest BCUT2D eigenvalue weighted by Gasteiger charge is -2.27. The number of nitrogens with one attached hydrogen (secondary N) is 2. The fraction of sp³-hybridized carbons (Fsp3) is 0.619. The van der Waals surface area contributed by atoms with Gasteiger partial charge in [0.15, 0.2) is 6.54 Å². The summed E-state index contributed by atoms with van der Waals surface area (Å²) < 4.78 is 10.5. The quantitative estimate of drug-likeness (QED) is 0.548. The molecule has 1 aliphatic heterocycles. The van der Waals surface area contributed by atoms with Crippen LogP contribution in [0.1, 0.15) is 39.2 Å². The molecule has 2 rings (SSSR count). The van der Waals surface area contributed by atoms with Crippen LogP contribution in [0.15, 0.2) is 24.3 Å². The van der Waals surface area contributed by atoms with Gasteiger partial charge in [-0.3, -0.25) is 9.59 Å². The number of methoxy groups -OCH3 is 1. The maximum atomic E-state index is 12.1. The summed E-state index contributed by atoms with van der Waals surface area (Å²) in [7, 11) is 1.43. The highest BCUT2D eigenvalue weighted by Gasteiger charge is 2.28. The predicted octanol–water partition coefficient (Wildman–Crippen LogP) is 0.947. The first-order valence-electron chi connectivity index (χ1n) is 9.71. The summed E-state index contributed by atoms with van der Waals surface area (Å²) >= 11 is 0. The van der Waals surface area contributed by atoms with E-state index in [-0.39, 0.29) is 23.2 Å². The van der Waals surface area contributed by atoms with Gasteiger partial charge >= 0.3 is 5.97 Å². The van der Waals surface area contributed by atoms with Gasteiger partial charge in [-0.25, -0.2) is 0 Å². The highest BCUT2D eigenvalue weighted by Crippen LogP contribution is 2.24. The van der Waals surface area contributed by atoms with E-state index in [0.29, 0.717) is 19.7 Å². The van der Waals surface area contributed by atoms with Gasteiger partial charge in [-0.05, 0) is 23.1 Å². The van der Waals surface area contributed by atoms with Crippen LogP contribution >= 0.6 is 0 Å². The van der Waals surface area contributed by atoms with E-state index >= 15 is 0 Å². The predicted molar refractivity (Wildman–Crippen MR) is 104 cm³/mol. The normalized spacial score (nSPS) is 20.0. The molecule has 6 nitrogen and oxygen atoms in total. The van der Waals surface area contributed by atoms with Crippen LogP contribution in [-0.2, 0) is 19.7 Å². The van der Waals surface area contributed by atoms with Crippen LogP contribution in [-0.4, -0.2) is 51.8 Å². The standard InChI is InChI=1S/C21H32N2O4/c1-21(2,3)17-5-7-18(8-6-17)27-14-11-22-19(24)15-23-12-9-16(10-13-23)20(25)26-4/h5-8,16H,9-15H2,1-4H3,(H,22,24)/p+1. The second-order valence-electron chi connectivity index (χ2n) is 8.20. The Hall–Kier alpha value is -2.08. The average molecular weight is 378 g/mol. The van der Waals surface area contributed by atoms with Gasteiger partial charge in [0.1, 0.15) is 12.4 Å². The molecule has 0 bridgehead atoms. The number of rotatable bonds is 7. The highest BCUT2D eigenvalue weighted by molar-refractivity contribution is 5.76. The third-order valence-corrected chi connectivity index (χ3v) is 5.05. The summed E-state index contributed by atoms with van der Waals surface area (Å²) in [5.41, 5.74) is 1.39. The molecule has 0 aromatic heterocycles. The van der Waals surface area contributed by atoms with Crippen molar-refractivity contribution in [1.82, 2.24) is 5.32 Å². The van der Waals surface area contributed by atoms with E-state index in [9.17, 15) is 9.59 Å². The fourth-order valence-electron chi connectivity index (χ4n) is 3.31. The molecule has 0 saturated carbocycles. The molecule has 1 amide bonds.